The second kappa shape index (κ2) is 10.7. The van der Waals surface area contributed by atoms with Gasteiger partial charge in [0.15, 0.2) is 0 Å². The molecule has 2 heterocycles. The number of methoxy groups -OCH3 is 1. The van der Waals surface area contributed by atoms with Gasteiger partial charge in [0.25, 0.3) is 5.91 Å². The molecule has 5 rings (SSSR count). The highest BCUT2D eigenvalue weighted by atomic mass is 35.5. The molecule has 186 valence electrons. The van der Waals surface area contributed by atoms with Gasteiger partial charge in [0, 0.05) is 37.6 Å². The highest BCUT2D eigenvalue weighted by molar-refractivity contribution is 6.31. The van der Waals surface area contributed by atoms with E-state index >= 15 is 0 Å². The van der Waals surface area contributed by atoms with Crippen LogP contribution in [0.25, 0.3) is 0 Å². The molecule has 1 fully saturated rings. The van der Waals surface area contributed by atoms with E-state index in [4.69, 9.17) is 21.4 Å². The molecule has 0 saturated carbocycles. The first-order valence-corrected chi connectivity index (χ1v) is 12.4. The molecule has 8 heteroatoms. The van der Waals surface area contributed by atoms with Crippen molar-refractivity contribution >= 4 is 28.9 Å². The molecule has 1 amide bonds. The summed E-state index contributed by atoms with van der Waals surface area (Å²) in [5.74, 6) is 0.465. The summed E-state index contributed by atoms with van der Waals surface area (Å²) in [6, 6.07) is 21.8. The Morgan fingerprint density at radius 2 is 1.69 bits per heavy atom. The summed E-state index contributed by atoms with van der Waals surface area (Å²) in [4.78, 5) is 17.7. The maximum Gasteiger partial charge on any atom is 0.257 e. The number of halogens is 2. The predicted octanol–water partition coefficient (Wildman–Crippen LogP) is 4.99. The molecule has 0 aromatic heterocycles. The summed E-state index contributed by atoms with van der Waals surface area (Å²) in [6.45, 7) is 2.88. The highest BCUT2D eigenvalue weighted by Crippen LogP contribution is 2.36. The SMILES string of the molecule is COc1ccc(C2=NN(C(=O)CN3CCN(c4ccccc4F)CC3)C(c3ccccc3Cl)C2)cc1. The number of rotatable bonds is 6. The number of para-hydroxylation sites is 1. The molecule has 1 unspecified atom stereocenters. The van der Waals surface area contributed by atoms with Gasteiger partial charge in [0.1, 0.15) is 11.6 Å². The van der Waals surface area contributed by atoms with E-state index in [0.29, 0.717) is 43.3 Å². The predicted molar refractivity (Wildman–Crippen MR) is 140 cm³/mol. The van der Waals surface area contributed by atoms with Crippen LogP contribution in [-0.2, 0) is 4.79 Å². The first-order valence-electron chi connectivity index (χ1n) is 12.0. The Balaban J connectivity index is 1.32. The van der Waals surface area contributed by atoms with E-state index in [2.05, 4.69) is 4.90 Å². The van der Waals surface area contributed by atoms with Gasteiger partial charge in [-0.2, -0.15) is 5.10 Å². The topological polar surface area (TPSA) is 48.4 Å². The number of piperazine rings is 1. The summed E-state index contributed by atoms with van der Waals surface area (Å²) >= 11 is 6.53. The zero-order valence-corrected chi connectivity index (χ0v) is 20.9. The molecule has 1 saturated heterocycles. The summed E-state index contributed by atoms with van der Waals surface area (Å²) in [7, 11) is 1.63. The first-order chi connectivity index (χ1) is 17.5. The normalized spacial score (nSPS) is 18.3. The van der Waals surface area contributed by atoms with Gasteiger partial charge in [-0.25, -0.2) is 9.40 Å². The van der Waals surface area contributed by atoms with Crippen molar-refractivity contribution in [3.8, 4) is 5.75 Å². The average Bonchev–Trinajstić information content (AvgIpc) is 3.35. The van der Waals surface area contributed by atoms with Crippen LogP contribution >= 0.6 is 11.6 Å². The molecule has 0 radical (unpaired) electrons. The molecule has 0 N–H and O–H groups in total. The zero-order chi connectivity index (χ0) is 25.1. The van der Waals surface area contributed by atoms with Crippen molar-refractivity contribution in [3.05, 3.63) is 94.8 Å². The van der Waals surface area contributed by atoms with Crippen molar-refractivity contribution in [1.29, 1.82) is 0 Å². The van der Waals surface area contributed by atoms with Crippen LogP contribution in [0, 0.1) is 5.82 Å². The number of hydrogen-bond acceptors (Lipinski definition) is 5. The Hall–Kier alpha value is -3.42. The van der Waals surface area contributed by atoms with Crippen LogP contribution in [0.15, 0.2) is 77.9 Å². The minimum atomic E-state index is -0.275. The van der Waals surface area contributed by atoms with E-state index in [1.165, 1.54) is 6.07 Å². The van der Waals surface area contributed by atoms with Gasteiger partial charge in [-0.3, -0.25) is 9.69 Å². The first kappa shape index (κ1) is 24.3. The maximum absolute atomic E-state index is 14.2. The van der Waals surface area contributed by atoms with Crippen molar-refractivity contribution in [3.63, 3.8) is 0 Å². The van der Waals surface area contributed by atoms with Crippen LogP contribution in [0.2, 0.25) is 5.02 Å². The number of anilines is 1. The lowest BCUT2D eigenvalue weighted by molar-refractivity contribution is -0.134. The molecular formula is C28H28ClFN4O2. The van der Waals surface area contributed by atoms with Gasteiger partial charge in [-0.15, -0.1) is 0 Å². The molecule has 1 atom stereocenters. The molecule has 2 aliphatic rings. The van der Waals surface area contributed by atoms with Crippen molar-refractivity contribution in [2.24, 2.45) is 5.10 Å². The van der Waals surface area contributed by atoms with Crippen molar-refractivity contribution in [2.45, 2.75) is 12.5 Å². The number of ether oxygens (including phenoxy) is 1. The lowest BCUT2D eigenvalue weighted by Crippen LogP contribution is -2.49. The Morgan fingerprint density at radius 1 is 1.00 bits per heavy atom. The summed E-state index contributed by atoms with van der Waals surface area (Å²) < 4.78 is 19.5. The van der Waals surface area contributed by atoms with Gasteiger partial charge in [-0.1, -0.05) is 41.9 Å². The van der Waals surface area contributed by atoms with E-state index in [9.17, 15) is 9.18 Å². The number of nitrogens with zero attached hydrogens (tertiary/aromatic N) is 4. The highest BCUT2D eigenvalue weighted by Gasteiger charge is 2.35. The van der Waals surface area contributed by atoms with Gasteiger partial charge >= 0.3 is 0 Å². The Morgan fingerprint density at radius 3 is 2.39 bits per heavy atom. The third-order valence-electron chi connectivity index (χ3n) is 6.78. The van der Waals surface area contributed by atoms with Crippen LogP contribution in [0.1, 0.15) is 23.6 Å². The third kappa shape index (κ3) is 5.08. The van der Waals surface area contributed by atoms with Crippen molar-refractivity contribution in [1.82, 2.24) is 9.91 Å². The number of hydrogen-bond donors (Lipinski definition) is 0. The van der Waals surface area contributed by atoms with Crippen LogP contribution in [-0.4, -0.2) is 61.4 Å². The van der Waals surface area contributed by atoms with Crippen molar-refractivity contribution in [2.75, 3.05) is 44.7 Å². The molecule has 2 aliphatic heterocycles. The number of carbonyl (C=O) groups is 1. The number of benzene rings is 3. The number of hydrazone groups is 1. The third-order valence-corrected chi connectivity index (χ3v) is 7.12. The lowest BCUT2D eigenvalue weighted by atomic mass is 9.98. The van der Waals surface area contributed by atoms with Gasteiger partial charge in [-0.05, 0) is 53.6 Å². The van der Waals surface area contributed by atoms with E-state index in [1.54, 1.807) is 24.3 Å². The molecular weight excluding hydrogens is 479 g/mol. The Kier molecular flexibility index (Phi) is 7.20. The monoisotopic (exact) mass is 506 g/mol. The quantitative estimate of drug-likeness (QED) is 0.473. The summed E-state index contributed by atoms with van der Waals surface area (Å²) in [5, 5.41) is 6.97. The molecule has 3 aromatic carbocycles. The van der Waals surface area contributed by atoms with Gasteiger partial charge in [0.05, 0.1) is 31.1 Å². The molecule has 0 spiro atoms. The van der Waals surface area contributed by atoms with Gasteiger partial charge < -0.3 is 9.64 Å². The Bertz CT molecular complexity index is 1260. The fourth-order valence-electron chi connectivity index (χ4n) is 4.80. The summed E-state index contributed by atoms with van der Waals surface area (Å²) in [6.07, 6.45) is 0.572. The van der Waals surface area contributed by atoms with Crippen molar-refractivity contribution < 1.29 is 13.9 Å². The minimum absolute atomic E-state index is 0.0808. The Labute approximate surface area is 215 Å². The lowest BCUT2D eigenvalue weighted by Gasteiger charge is -2.36. The standard InChI is InChI=1S/C28H28ClFN4O2/c1-36-21-12-10-20(11-13-21)25-18-27(22-6-2-3-7-23(22)29)34(31-25)28(35)19-32-14-16-33(17-15-32)26-9-5-4-8-24(26)30/h2-13,27H,14-19H2,1H3. The summed E-state index contributed by atoms with van der Waals surface area (Å²) in [5.41, 5.74) is 3.27. The van der Waals surface area contributed by atoms with Crippen LogP contribution in [0.3, 0.4) is 0 Å². The largest absolute Gasteiger partial charge is 0.497 e. The molecule has 0 aliphatic carbocycles. The van der Waals surface area contributed by atoms with Crippen LogP contribution in [0.4, 0.5) is 10.1 Å². The van der Waals surface area contributed by atoms with E-state index in [0.717, 1.165) is 22.6 Å². The maximum atomic E-state index is 14.2. The van der Waals surface area contributed by atoms with Crippen LogP contribution in [0.5, 0.6) is 5.75 Å². The van der Waals surface area contributed by atoms with E-state index in [1.807, 2.05) is 59.5 Å². The van der Waals surface area contributed by atoms with E-state index in [-0.39, 0.29) is 24.3 Å². The van der Waals surface area contributed by atoms with Crippen LogP contribution < -0.4 is 9.64 Å². The fraction of sp³-hybridized carbons (Fsp3) is 0.286. The molecule has 0 bridgehead atoms. The zero-order valence-electron chi connectivity index (χ0n) is 20.1. The molecule has 6 nitrogen and oxygen atoms in total. The number of amides is 1. The second-order valence-corrected chi connectivity index (χ2v) is 9.38. The average molecular weight is 507 g/mol. The fourth-order valence-corrected chi connectivity index (χ4v) is 5.07. The second-order valence-electron chi connectivity index (χ2n) is 8.97. The van der Waals surface area contributed by atoms with E-state index < -0.39 is 0 Å². The molecule has 3 aromatic rings. The minimum Gasteiger partial charge on any atom is -0.497 e. The number of carbonyl (C=O) groups excluding carboxylic acids is 1. The molecule has 36 heavy (non-hydrogen) atoms. The smallest absolute Gasteiger partial charge is 0.257 e. The van der Waals surface area contributed by atoms with Gasteiger partial charge in [0.2, 0.25) is 0 Å².